The van der Waals surface area contributed by atoms with Crippen LogP contribution in [0.5, 0.6) is 0 Å². The number of hydrogen-bond acceptors (Lipinski definition) is 2. The van der Waals surface area contributed by atoms with Crippen LogP contribution < -0.4 is 0 Å². The topological polar surface area (TPSA) is 26.3 Å². The molecule has 2 nitrogen and oxygen atoms in total. The van der Waals surface area contributed by atoms with E-state index >= 15 is 0 Å². The first kappa shape index (κ1) is 11.5. The van der Waals surface area contributed by atoms with Gasteiger partial charge in [-0.15, -0.1) is 0 Å². The number of rotatable bonds is 4. The molecule has 0 atom stereocenters. The van der Waals surface area contributed by atoms with Crippen molar-refractivity contribution in [1.82, 2.24) is 0 Å². The van der Waals surface area contributed by atoms with Crippen molar-refractivity contribution in [3.05, 3.63) is 48.0 Å². The molecular formula is C13H16O2. The summed E-state index contributed by atoms with van der Waals surface area (Å²) in [4.78, 5) is 10.9. The van der Waals surface area contributed by atoms with E-state index in [1.165, 1.54) is 11.6 Å². The first-order chi connectivity index (χ1) is 7.15. The molecule has 0 N–H and O–H groups in total. The van der Waals surface area contributed by atoms with E-state index in [2.05, 4.69) is 26.5 Å². The van der Waals surface area contributed by atoms with Gasteiger partial charge in [-0.25, -0.2) is 4.79 Å². The Hall–Kier alpha value is -1.57. The van der Waals surface area contributed by atoms with Gasteiger partial charge < -0.3 is 4.74 Å². The van der Waals surface area contributed by atoms with Crippen molar-refractivity contribution in [2.45, 2.75) is 26.4 Å². The van der Waals surface area contributed by atoms with Gasteiger partial charge in [0.15, 0.2) is 0 Å². The van der Waals surface area contributed by atoms with Crippen LogP contribution in [0.1, 0.15) is 30.9 Å². The van der Waals surface area contributed by atoms with E-state index < -0.39 is 0 Å². The van der Waals surface area contributed by atoms with Crippen molar-refractivity contribution >= 4 is 5.97 Å². The first-order valence-electron chi connectivity index (χ1n) is 5.02. The van der Waals surface area contributed by atoms with Crippen molar-refractivity contribution in [2.24, 2.45) is 0 Å². The first-order valence-corrected chi connectivity index (χ1v) is 5.02. The summed E-state index contributed by atoms with van der Waals surface area (Å²) < 4.78 is 5.01. The Kier molecular flexibility index (Phi) is 4.10. The summed E-state index contributed by atoms with van der Waals surface area (Å²) >= 11 is 0. The quantitative estimate of drug-likeness (QED) is 0.556. The fourth-order valence-corrected chi connectivity index (χ4v) is 1.44. The smallest absolute Gasteiger partial charge is 0.330 e. The van der Waals surface area contributed by atoms with Crippen molar-refractivity contribution in [3.63, 3.8) is 0 Å². The van der Waals surface area contributed by atoms with E-state index in [0.29, 0.717) is 12.5 Å². The number of ether oxygens (including phenoxy) is 1. The molecule has 0 spiro atoms. The van der Waals surface area contributed by atoms with Crippen molar-refractivity contribution in [1.29, 1.82) is 0 Å². The highest BCUT2D eigenvalue weighted by atomic mass is 16.5. The molecule has 0 saturated carbocycles. The van der Waals surface area contributed by atoms with Crippen LogP contribution in [0.3, 0.4) is 0 Å². The van der Waals surface area contributed by atoms with E-state index in [9.17, 15) is 4.79 Å². The second kappa shape index (κ2) is 5.35. The summed E-state index contributed by atoms with van der Waals surface area (Å²) in [7, 11) is 0. The van der Waals surface area contributed by atoms with Gasteiger partial charge in [-0.2, -0.15) is 0 Å². The average molecular weight is 204 g/mol. The van der Waals surface area contributed by atoms with Crippen LogP contribution in [-0.2, 0) is 16.1 Å². The monoisotopic (exact) mass is 204 g/mol. The van der Waals surface area contributed by atoms with Crippen molar-refractivity contribution in [2.75, 3.05) is 0 Å². The SMILES string of the molecule is C=CC(=O)OCc1ccccc1C(C)C. The maximum absolute atomic E-state index is 10.9. The standard InChI is InChI=1S/C13H16O2/c1-4-13(14)15-9-11-7-5-6-8-12(11)10(2)3/h4-8,10H,1,9H2,2-3H3. The summed E-state index contributed by atoms with van der Waals surface area (Å²) in [5.74, 6) is 0.0530. The Balaban J connectivity index is 2.75. The predicted octanol–water partition coefficient (Wildman–Crippen LogP) is 3.04. The Bertz CT molecular complexity index is 353. The second-order valence-electron chi connectivity index (χ2n) is 3.67. The van der Waals surface area contributed by atoms with Gasteiger partial charge in [0.05, 0.1) is 0 Å². The summed E-state index contributed by atoms with van der Waals surface area (Å²) in [6, 6.07) is 7.98. The minimum atomic E-state index is -0.381. The fourth-order valence-electron chi connectivity index (χ4n) is 1.44. The molecule has 0 unspecified atom stereocenters. The maximum atomic E-state index is 10.9. The minimum absolute atomic E-state index is 0.319. The van der Waals surface area contributed by atoms with Crippen LogP contribution in [-0.4, -0.2) is 5.97 Å². The molecule has 0 saturated heterocycles. The highest BCUT2D eigenvalue weighted by Crippen LogP contribution is 2.19. The molecule has 0 radical (unpaired) electrons. The lowest BCUT2D eigenvalue weighted by Gasteiger charge is -2.11. The van der Waals surface area contributed by atoms with Gasteiger partial charge >= 0.3 is 5.97 Å². The van der Waals surface area contributed by atoms with Crippen LogP contribution in [0.25, 0.3) is 0 Å². The van der Waals surface area contributed by atoms with E-state index in [-0.39, 0.29) is 5.97 Å². The van der Waals surface area contributed by atoms with Crippen LogP contribution >= 0.6 is 0 Å². The van der Waals surface area contributed by atoms with Gasteiger partial charge in [-0.05, 0) is 17.0 Å². The number of carbonyl (C=O) groups excluding carboxylic acids is 1. The van der Waals surface area contributed by atoms with Crippen LogP contribution in [0.15, 0.2) is 36.9 Å². The lowest BCUT2D eigenvalue weighted by molar-refractivity contribution is -0.138. The molecule has 80 valence electrons. The molecule has 0 bridgehead atoms. The van der Waals surface area contributed by atoms with E-state index in [1.807, 2.05) is 18.2 Å². The highest BCUT2D eigenvalue weighted by molar-refractivity contribution is 5.81. The second-order valence-corrected chi connectivity index (χ2v) is 3.67. The van der Waals surface area contributed by atoms with Gasteiger partial charge in [0.1, 0.15) is 6.61 Å². The molecule has 1 aromatic carbocycles. The van der Waals surface area contributed by atoms with Gasteiger partial charge in [-0.1, -0.05) is 44.7 Å². The average Bonchev–Trinajstić information content (AvgIpc) is 2.26. The van der Waals surface area contributed by atoms with Gasteiger partial charge in [0.2, 0.25) is 0 Å². The molecule has 0 aliphatic carbocycles. The van der Waals surface area contributed by atoms with E-state index in [0.717, 1.165) is 5.56 Å². The molecule has 0 heterocycles. The largest absolute Gasteiger partial charge is 0.458 e. The Morgan fingerprint density at radius 2 is 2.13 bits per heavy atom. The summed E-state index contributed by atoms with van der Waals surface area (Å²) in [6.45, 7) is 7.91. The zero-order valence-corrected chi connectivity index (χ0v) is 9.19. The van der Waals surface area contributed by atoms with Crippen LogP contribution in [0.4, 0.5) is 0 Å². The summed E-state index contributed by atoms with van der Waals surface area (Å²) in [5, 5.41) is 0. The lowest BCUT2D eigenvalue weighted by atomic mass is 9.98. The molecule has 1 aromatic rings. The Labute approximate surface area is 90.6 Å². The molecule has 0 aliphatic rings. The van der Waals surface area contributed by atoms with E-state index in [4.69, 9.17) is 4.74 Å². The molecule has 0 aliphatic heterocycles. The third-order valence-electron chi connectivity index (χ3n) is 2.21. The van der Waals surface area contributed by atoms with Crippen LogP contribution in [0.2, 0.25) is 0 Å². The molecule has 2 heteroatoms. The summed E-state index contributed by atoms with van der Waals surface area (Å²) in [6.07, 6.45) is 1.18. The van der Waals surface area contributed by atoms with Gasteiger partial charge in [0, 0.05) is 6.08 Å². The van der Waals surface area contributed by atoms with Gasteiger partial charge in [-0.3, -0.25) is 0 Å². The summed E-state index contributed by atoms with van der Waals surface area (Å²) in [5.41, 5.74) is 2.28. The fraction of sp³-hybridized carbons (Fsp3) is 0.308. The third-order valence-corrected chi connectivity index (χ3v) is 2.21. The molecule has 1 rings (SSSR count). The molecule has 15 heavy (non-hydrogen) atoms. The minimum Gasteiger partial charge on any atom is -0.458 e. The Morgan fingerprint density at radius 1 is 1.47 bits per heavy atom. The van der Waals surface area contributed by atoms with Gasteiger partial charge in [0.25, 0.3) is 0 Å². The number of benzene rings is 1. The maximum Gasteiger partial charge on any atom is 0.330 e. The number of esters is 1. The normalized spacial score (nSPS) is 10.1. The number of hydrogen-bond donors (Lipinski definition) is 0. The number of carbonyl (C=O) groups is 1. The lowest BCUT2D eigenvalue weighted by Crippen LogP contribution is -2.03. The van der Waals surface area contributed by atoms with Crippen molar-refractivity contribution in [3.8, 4) is 0 Å². The molecular weight excluding hydrogens is 188 g/mol. The Morgan fingerprint density at radius 3 is 2.73 bits per heavy atom. The molecule has 0 aromatic heterocycles. The highest BCUT2D eigenvalue weighted by Gasteiger charge is 2.06. The zero-order chi connectivity index (χ0) is 11.3. The molecule has 0 fully saturated rings. The van der Waals surface area contributed by atoms with E-state index in [1.54, 1.807) is 0 Å². The predicted molar refractivity (Wildman–Crippen MR) is 60.5 cm³/mol. The third kappa shape index (κ3) is 3.24. The molecule has 0 amide bonds. The zero-order valence-electron chi connectivity index (χ0n) is 9.19. The van der Waals surface area contributed by atoms with Crippen LogP contribution in [0, 0.1) is 0 Å². The van der Waals surface area contributed by atoms with Crippen molar-refractivity contribution < 1.29 is 9.53 Å².